The molecule has 6 nitrogen and oxygen atoms in total. The Bertz CT molecular complexity index is 763. The van der Waals surface area contributed by atoms with Crippen LogP contribution in [0.3, 0.4) is 0 Å². The quantitative estimate of drug-likeness (QED) is 0.877. The number of aromatic nitrogens is 3. The van der Waals surface area contributed by atoms with Gasteiger partial charge in [0, 0.05) is 56.2 Å². The number of hydrogen-bond acceptors (Lipinski definition) is 6. The van der Waals surface area contributed by atoms with Crippen molar-refractivity contribution >= 4 is 5.82 Å². The van der Waals surface area contributed by atoms with Gasteiger partial charge in [-0.2, -0.15) is 0 Å². The van der Waals surface area contributed by atoms with Gasteiger partial charge in [0.05, 0.1) is 5.69 Å². The first-order chi connectivity index (χ1) is 13.2. The van der Waals surface area contributed by atoms with E-state index in [0.717, 1.165) is 55.5 Å². The fraction of sp³-hybridized carbons (Fsp3) is 0.571. The van der Waals surface area contributed by atoms with Crippen LogP contribution in [0.1, 0.15) is 37.4 Å². The summed E-state index contributed by atoms with van der Waals surface area (Å²) >= 11 is 0. The topological polar surface area (TPSA) is 57.2 Å². The summed E-state index contributed by atoms with van der Waals surface area (Å²) in [6.07, 6.45) is 8.64. The molecule has 1 saturated heterocycles. The Kier molecular flexibility index (Phi) is 5.64. The van der Waals surface area contributed by atoms with E-state index in [1.807, 2.05) is 18.3 Å². The van der Waals surface area contributed by atoms with Crippen LogP contribution >= 0.6 is 0 Å². The predicted octanol–water partition coefficient (Wildman–Crippen LogP) is 2.49. The normalized spacial score (nSPS) is 20.3. The van der Waals surface area contributed by atoms with Crippen LogP contribution in [0.15, 0.2) is 24.5 Å². The summed E-state index contributed by atoms with van der Waals surface area (Å²) in [6, 6.07) is 4.67. The second-order valence-corrected chi connectivity index (χ2v) is 7.77. The number of anilines is 1. The highest BCUT2D eigenvalue weighted by Crippen LogP contribution is 2.27. The Balaban J connectivity index is 1.58. The maximum atomic E-state index is 4.97. The number of pyridine rings is 1. The average Bonchev–Trinajstić information content (AvgIpc) is 2.73. The molecule has 0 saturated carbocycles. The smallest absolute Gasteiger partial charge is 0.163 e. The highest BCUT2D eigenvalue weighted by atomic mass is 15.2. The Morgan fingerprint density at radius 3 is 3.04 bits per heavy atom. The highest BCUT2D eigenvalue weighted by Gasteiger charge is 2.22. The average molecular weight is 367 g/mol. The lowest BCUT2D eigenvalue weighted by molar-refractivity contribution is 0.165. The summed E-state index contributed by atoms with van der Waals surface area (Å²) in [6.45, 7) is 7.48. The van der Waals surface area contributed by atoms with E-state index in [2.05, 4.69) is 34.1 Å². The molecular weight excluding hydrogens is 336 g/mol. The van der Waals surface area contributed by atoms with Gasteiger partial charge < -0.3 is 10.2 Å². The van der Waals surface area contributed by atoms with Crippen LogP contribution in [0.4, 0.5) is 5.82 Å². The molecule has 1 atom stereocenters. The number of likely N-dealkylation sites (tertiary alicyclic amines) is 1. The molecule has 4 heterocycles. The van der Waals surface area contributed by atoms with E-state index in [4.69, 9.17) is 9.97 Å². The zero-order chi connectivity index (χ0) is 18.6. The maximum absolute atomic E-state index is 4.97. The molecule has 0 spiro atoms. The predicted molar refractivity (Wildman–Crippen MR) is 109 cm³/mol. The van der Waals surface area contributed by atoms with Crippen LogP contribution < -0.4 is 10.2 Å². The van der Waals surface area contributed by atoms with Crippen molar-refractivity contribution in [2.45, 2.75) is 45.2 Å². The third-order valence-corrected chi connectivity index (χ3v) is 5.86. The van der Waals surface area contributed by atoms with Gasteiger partial charge in [0.2, 0.25) is 0 Å². The molecule has 0 aromatic carbocycles. The molecule has 0 unspecified atom stereocenters. The first-order valence-electron chi connectivity index (χ1n) is 10.2. The second-order valence-electron chi connectivity index (χ2n) is 7.77. The molecule has 2 aliphatic heterocycles. The van der Waals surface area contributed by atoms with Crippen molar-refractivity contribution in [1.29, 1.82) is 0 Å². The summed E-state index contributed by atoms with van der Waals surface area (Å²) in [5, 5.41) is 3.44. The molecule has 0 radical (unpaired) electrons. The fourth-order valence-corrected chi connectivity index (χ4v) is 4.15. The molecule has 2 aromatic rings. The van der Waals surface area contributed by atoms with Crippen LogP contribution in [-0.4, -0.2) is 59.1 Å². The standard InChI is InChI=1S/C21H30N6/c1-16-6-3-4-11-27(16)13-12-26(2)21-18-8-10-23-15-19(18)24-20(25-21)17-7-5-9-22-14-17/h5,7,9,14,16,23H,3-4,6,8,10-13,15H2,1-2H3/t16-/m1/s1. The van der Waals surface area contributed by atoms with Crippen LogP contribution in [0.2, 0.25) is 0 Å². The Hall–Kier alpha value is -2.05. The van der Waals surface area contributed by atoms with E-state index in [1.54, 1.807) is 6.20 Å². The summed E-state index contributed by atoms with van der Waals surface area (Å²) < 4.78 is 0. The monoisotopic (exact) mass is 366 g/mol. The number of likely N-dealkylation sites (N-methyl/N-ethyl adjacent to an activating group) is 1. The zero-order valence-electron chi connectivity index (χ0n) is 16.5. The van der Waals surface area contributed by atoms with Gasteiger partial charge in [0.1, 0.15) is 5.82 Å². The highest BCUT2D eigenvalue weighted by molar-refractivity contribution is 5.60. The number of piperidine rings is 1. The molecule has 0 aliphatic carbocycles. The van der Waals surface area contributed by atoms with Crippen molar-refractivity contribution in [3.63, 3.8) is 0 Å². The molecule has 1 N–H and O–H groups in total. The summed E-state index contributed by atoms with van der Waals surface area (Å²) in [5.41, 5.74) is 3.41. The maximum Gasteiger partial charge on any atom is 0.163 e. The SMILES string of the molecule is C[C@@H]1CCCCN1CCN(C)c1nc(-c2cccnc2)nc2c1CCNC2. The minimum Gasteiger partial charge on any atom is -0.358 e. The van der Waals surface area contributed by atoms with Crippen LogP contribution in [0.5, 0.6) is 0 Å². The lowest BCUT2D eigenvalue weighted by atomic mass is 10.0. The van der Waals surface area contributed by atoms with Crippen molar-refractivity contribution in [3.8, 4) is 11.4 Å². The van der Waals surface area contributed by atoms with Gasteiger partial charge in [0.15, 0.2) is 5.82 Å². The number of nitrogens with one attached hydrogen (secondary N) is 1. The molecule has 4 rings (SSSR count). The number of nitrogens with zero attached hydrogens (tertiary/aromatic N) is 5. The summed E-state index contributed by atoms with van der Waals surface area (Å²) in [7, 11) is 2.17. The lowest BCUT2D eigenvalue weighted by Gasteiger charge is -2.35. The number of rotatable bonds is 5. The van der Waals surface area contributed by atoms with Gasteiger partial charge in [-0.15, -0.1) is 0 Å². The van der Waals surface area contributed by atoms with Gasteiger partial charge in [-0.05, 0) is 51.4 Å². The van der Waals surface area contributed by atoms with Crippen molar-refractivity contribution in [2.24, 2.45) is 0 Å². The van der Waals surface area contributed by atoms with Gasteiger partial charge >= 0.3 is 0 Å². The van der Waals surface area contributed by atoms with Crippen LogP contribution in [0, 0.1) is 0 Å². The summed E-state index contributed by atoms with van der Waals surface area (Å²) in [5.74, 6) is 1.86. The molecule has 0 bridgehead atoms. The van der Waals surface area contributed by atoms with Gasteiger partial charge in [-0.3, -0.25) is 9.88 Å². The number of fused-ring (bicyclic) bond motifs is 1. The van der Waals surface area contributed by atoms with Crippen LogP contribution in [-0.2, 0) is 13.0 Å². The first-order valence-corrected chi connectivity index (χ1v) is 10.2. The molecule has 0 amide bonds. The molecule has 2 aliphatic rings. The minimum atomic E-state index is 0.696. The van der Waals surface area contributed by atoms with Crippen molar-refractivity contribution in [1.82, 2.24) is 25.2 Å². The number of hydrogen-bond donors (Lipinski definition) is 1. The van der Waals surface area contributed by atoms with Gasteiger partial charge in [-0.25, -0.2) is 9.97 Å². The Morgan fingerprint density at radius 2 is 2.22 bits per heavy atom. The zero-order valence-corrected chi connectivity index (χ0v) is 16.5. The molecule has 2 aromatic heterocycles. The Labute approximate surface area is 162 Å². The van der Waals surface area contributed by atoms with E-state index in [9.17, 15) is 0 Å². The van der Waals surface area contributed by atoms with E-state index < -0.39 is 0 Å². The van der Waals surface area contributed by atoms with E-state index in [-0.39, 0.29) is 0 Å². The van der Waals surface area contributed by atoms with Crippen molar-refractivity contribution in [3.05, 3.63) is 35.8 Å². The summed E-state index contributed by atoms with van der Waals surface area (Å²) in [4.78, 5) is 19.0. The second kappa shape index (κ2) is 8.31. The fourth-order valence-electron chi connectivity index (χ4n) is 4.15. The van der Waals surface area contributed by atoms with E-state index in [1.165, 1.54) is 31.4 Å². The van der Waals surface area contributed by atoms with E-state index in [0.29, 0.717) is 6.04 Å². The van der Waals surface area contributed by atoms with Gasteiger partial charge in [0.25, 0.3) is 0 Å². The molecular formula is C21H30N6. The molecule has 27 heavy (non-hydrogen) atoms. The lowest BCUT2D eigenvalue weighted by Crippen LogP contribution is -2.42. The minimum absolute atomic E-state index is 0.696. The van der Waals surface area contributed by atoms with Gasteiger partial charge in [-0.1, -0.05) is 6.42 Å². The third kappa shape index (κ3) is 4.12. The first kappa shape index (κ1) is 18.3. The largest absolute Gasteiger partial charge is 0.358 e. The van der Waals surface area contributed by atoms with Crippen molar-refractivity contribution < 1.29 is 0 Å². The van der Waals surface area contributed by atoms with Crippen molar-refractivity contribution in [2.75, 3.05) is 38.1 Å². The molecule has 1 fully saturated rings. The van der Waals surface area contributed by atoms with Crippen LogP contribution in [0.25, 0.3) is 11.4 Å². The molecule has 144 valence electrons. The Morgan fingerprint density at radius 1 is 1.30 bits per heavy atom. The van der Waals surface area contributed by atoms with E-state index >= 15 is 0 Å². The molecule has 6 heteroatoms. The third-order valence-electron chi connectivity index (χ3n) is 5.86.